The lowest BCUT2D eigenvalue weighted by atomic mass is 9.64. The van der Waals surface area contributed by atoms with E-state index in [0.29, 0.717) is 23.2 Å². The van der Waals surface area contributed by atoms with Crippen LogP contribution in [0.5, 0.6) is 0 Å². The van der Waals surface area contributed by atoms with Crippen LogP contribution >= 0.6 is 0 Å². The first kappa shape index (κ1) is 12.2. The van der Waals surface area contributed by atoms with Crippen LogP contribution in [0.2, 0.25) is 0 Å². The minimum atomic E-state index is -0.420. The predicted octanol–water partition coefficient (Wildman–Crippen LogP) is 1.44. The lowest BCUT2D eigenvalue weighted by Crippen LogP contribution is -2.44. The number of carbonyl (C=O) groups excluding carboxylic acids is 1. The Labute approximate surface area is 110 Å². The van der Waals surface area contributed by atoms with Gasteiger partial charge in [0.05, 0.1) is 5.52 Å². The molecule has 19 heavy (non-hydrogen) atoms. The molecule has 0 aliphatic heterocycles. The molecule has 5 nitrogen and oxygen atoms in total. The number of ketones is 1. The summed E-state index contributed by atoms with van der Waals surface area (Å²) in [4.78, 5) is 24.0. The van der Waals surface area contributed by atoms with Crippen LogP contribution < -0.4 is 11.5 Å². The van der Waals surface area contributed by atoms with Crippen LogP contribution in [0, 0.1) is 5.41 Å². The standard InChI is InChI=1S/C14H16N2O3/c1-16-10-7-9(3-4-11(10)19-13(16)18)12(17)14(8-15)5-2-6-14/h3-4,7H,2,5-6,8,15H2,1H3. The molecule has 1 aromatic heterocycles. The fourth-order valence-corrected chi connectivity index (χ4v) is 2.70. The smallest absolute Gasteiger partial charge is 0.408 e. The maximum Gasteiger partial charge on any atom is 0.419 e. The summed E-state index contributed by atoms with van der Waals surface area (Å²) in [5, 5.41) is 0. The molecule has 100 valence electrons. The first-order valence-electron chi connectivity index (χ1n) is 6.42. The summed E-state index contributed by atoms with van der Waals surface area (Å²) in [7, 11) is 1.63. The van der Waals surface area contributed by atoms with Crippen molar-refractivity contribution in [2.24, 2.45) is 18.2 Å². The highest BCUT2D eigenvalue weighted by molar-refractivity contribution is 6.03. The number of fused-ring (bicyclic) bond motifs is 1. The summed E-state index contributed by atoms with van der Waals surface area (Å²) in [6, 6.07) is 5.11. The molecular formula is C14H16N2O3. The third-order valence-electron chi connectivity index (χ3n) is 4.24. The molecule has 0 bridgehead atoms. The number of Topliss-reactive ketones (excluding diaryl/α,β-unsaturated/α-hetero) is 1. The highest BCUT2D eigenvalue weighted by Crippen LogP contribution is 2.42. The lowest BCUT2D eigenvalue weighted by molar-refractivity contribution is 0.0636. The van der Waals surface area contributed by atoms with Gasteiger partial charge in [0, 0.05) is 24.6 Å². The van der Waals surface area contributed by atoms with Crippen LogP contribution in [0.1, 0.15) is 29.6 Å². The topological polar surface area (TPSA) is 78.2 Å². The fraction of sp³-hybridized carbons (Fsp3) is 0.429. The maximum atomic E-state index is 12.5. The Balaban J connectivity index is 2.08. The van der Waals surface area contributed by atoms with E-state index in [9.17, 15) is 9.59 Å². The molecule has 1 heterocycles. The van der Waals surface area contributed by atoms with E-state index in [4.69, 9.17) is 10.2 Å². The lowest BCUT2D eigenvalue weighted by Gasteiger charge is -2.39. The Kier molecular flexibility index (Phi) is 2.60. The van der Waals surface area contributed by atoms with E-state index in [2.05, 4.69) is 0 Å². The van der Waals surface area contributed by atoms with Crippen molar-refractivity contribution in [1.29, 1.82) is 0 Å². The second-order valence-corrected chi connectivity index (χ2v) is 5.28. The molecular weight excluding hydrogens is 244 g/mol. The van der Waals surface area contributed by atoms with E-state index in [-0.39, 0.29) is 5.78 Å². The Morgan fingerprint density at radius 3 is 2.79 bits per heavy atom. The zero-order valence-corrected chi connectivity index (χ0v) is 10.8. The molecule has 3 rings (SSSR count). The summed E-state index contributed by atoms with van der Waals surface area (Å²) < 4.78 is 6.46. The maximum absolute atomic E-state index is 12.5. The van der Waals surface area contributed by atoms with Crippen LogP contribution in [-0.2, 0) is 7.05 Å². The van der Waals surface area contributed by atoms with Gasteiger partial charge in [0.2, 0.25) is 0 Å². The number of nitrogens with zero attached hydrogens (tertiary/aromatic N) is 1. The van der Waals surface area contributed by atoms with E-state index >= 15 is 0 Å². The van der Waals surface area contributed by atoms with Crippen molar-refractivity contribution in [2.45, 2.75) is 19.3 Å². The number of carbonyl (C=O) groups is 1. The van der Waals surface area contributed by atoms with Crippen LogP contribution in [0.4, 0.5) is 0 Å². The van der Waals surface area contributed by atoms with E-state index in [1.165, 1.54) is 4.57 Å². The largest absolute Gasteiger partial charge is 0.419 e. The molecule has 0 spiro atoms. The Morgan fingerprint density at radius 2 is 2.21 bits per heavy atom. The van der Waals surface area contributed by atoms with Crippen LogP contribution in [0.3, 0.4) is 0 Å². The van der Waals surface area contributed by atoms with Gasteiger partial charge in [0.25, 0.3) is 0 Å². The van der Waals surface area contributed by atoms with Crippen LogP contribution in [0.25, 0.3) is 11.1 Å². The van der Waals surface area contributed by atoms with Gasteiger partial charge in [-0.3, -0.25) is 9.36 Å². The molecule has 1 aromatic carbocycles. The summed E-state index contributed by atoms with van der Waals surface area (Å²) in [6.45, 7) is 0.383. The summed E-state index contributed by atoms with van der Waals surface area (Å²) in [5.41, 5.74) is 7.11. The monoisotopic (exact) mass is 260 g/mol. The second kappa shape index (κ2) is 4.06. The molecule has 5 heteroatoms. The number of aryl methyl sites for hydroxylation is 1. The molecule has 1 aliphatic carbocycles. The summed E-state index contributed by atoms with van der Waals surface area (Å²) in [6.07, 6.45) is 2.75. The zero-order valence-electron chi connectivity index (χ0n) is 10.8. The van der Waals surface area contributed by atoms with Gasteiger partial charge in [-0.2, -0.15) is 0 Å². The van der Waals surface area contributed by atoms with Gasteiger partial charge in [0.1, 0.15) is 0 Å². The van der Waals surface area contributed by atoms with Gasteiger partial charge < -0.3 is 10.2 Å². The van der Waals surface area contributed by atoms with Crippen molar-refractivity contribution in [1.82, 2.24) is 4.57 Å². The molecule has 0 amide bonds. The number of nitrogens with two attached hydrogens (primary N) is 1. The fourth-order valence-electron chi connectivity index (χ4n) is 2.70. The molecule has 1 fully saturated rings. The van der Waals surface area contributed by atoms with Gasteiger partial charge in [-0.25, -0.2) is 4.79 Å². The molecule has 0 radical (unpaired) electrons. The average Bonchev–Trinajstić information content (AvgIpc) is 2.64. The van der Waals surface area contributed by atoms with Crippen molar-refractivity contribution in [3.05, 3.63) is 34.3 Å². The molecule has 1 aliphatic rings. The molecule has 2 aromatic rings. The average molecular weight is 260 g/mol. The first-order chi connectivity index (χ1) is 9.07. The van der Waals surface area contributed by atoms with Crippen molar-refractivity contribution < 1.29 is 9.21 Å². The third kappa shape index (κ3) is 1.65. The number of aromatic nitrogens is 1. The van der Waals surface area contributed by atoms with Crippen molar-refractivity contribution in [3.8, 4) is 0 Å². The van der Waals surface area contributed by atoms with E-state index in [1.54, 1.807) is 25.2 Å². The minimum absolute atomic E-state index is 0.0804. The van der Waals surface area contributed by atoms with Gasteiger partial charge in [0.15, 0.2) is 11.4 Å². The number of hydrogen-bond donors (Lipinski definition) is 1. The van der Waals surface area contributed by atoms with Crippen molar-refractivity contribution in [2.75, 3.05) is 6.54 Å². The second-order valence-electron chi connectivity index (χ2n) is 5.28. The Morgan fingerprint density at radius 1 is 1.47 bits per heavy atom. The normalized spacial score (nSPS) is 17.4. The van der Waals surface area contributed by atoms with Gasteiger partial charge >= 0.3 is 5.76 Å². The number of rotatable bonds is 3. The minimum Gasteiger partial charge on any atom is -0.408 e. The third-order valence-corrected chi connectivity index (χ3v) is 4.24. The Hall–Kier alpha value is -1.88. The van der Waals surface area contributed by atoms with Crippen LogP contribution in [0.15, 0.2) is 27.4 Å². The summed E-state index contributed by atoms with van der Waals surface area (Å²) >= 11 is 0. The SMILES string of the molecule is Cn1c(=O)oc2ccc(C(=O)C3(CN)CCC3)cc21. The molecule has 0 saturated heterocycles. The van der Waals surface area contributed by atoms with Gasteiger partial charge in [-0.15, -0.1) is 0 Å². The van der Waals surface area contributed by atoms with E-state index in [0.717, 1.165) is 19.3 Å². The quantitative estimate of drug-likeness (QED) is 0.847. The highest BCUT2D eigenvalue weighted by Gasteiger charge is 2.43. The summed E-state index contributed by atoms with van der Waals surface area (Å²) in [5.74, 6) is -0.339. The van der Waals surface area contributed by atoms with Crippen LogP contribution in [-0.4, -0.2) is 16.9 Å². The number of benzene rings is 1. The van der Waals surface area contributed by atoms with Crippen molar-refractivity contribution >= 4 is 16.9 Å². The molecule has 1 saturated carbocycles. The molecule has 2 N–H and O–H groups in total. The number of oxazole rings is 1. The van der Waals surface area contributed by atoms with Crippen molar-refractivity contribution in [3.63, 3.8) is 0 Å². The van der Waals surface area contributed by atoms with E-state index in [1.807, 2.05) is 0 Å². The first-order valence-corrected chi connectivity index (χ1v) is 6.42. The van der Waals surface area contributed by atoms with Gasteiger partial charge in [-0.05, 0) is 31.0 Å². The highest BCUT2D eigenvalue weighted by atomic mass is 16.4. The zero-order chi connectivity index (χ0) is 13.6. The molecule has 0 unspecified atom stereocenters. The van der Waals surface area contributed by atoms with Gasteiger partial charge in [-0.1, -0.05) is 6.42 Å². The van der Waals surface area contributed by atoms with E-state index < -0.39 is 11.2 Å². The Bertz CT molecular complexity index is 702. The predicted molar refractivity (Wildman–Crippen MR) is 71.1 cm³/mol. The number of hydrogen-bond acceptors (Lipinski definition) is 4. The molecule has 0 atom stereocenters.